The van der Waals surface area contributed by atoms with Crippen molar-refractivity contribution in [2.75, 3.05) is 6.61 Å². The van der Waals surface area contributed by atoms with Crippen molar-refractivity contribution in [3.05, 3.63) is 23.8 Å². The van der Waals surface area contributed by atoms with E-state index in [4.69, 9.17) is 34.2 Å². The van der Waals surface area contributed by atoms with Gasteiger partial charge in [-0.3, -0.25) is 4.79 Å². The molecule has 5 unspecified atom stereocenters. The molecule has 1 rings (SSSR count). The second-order valence-corrected chi connectivity index (χ2v) is 11.3. The first-order valence-corrected chi connectivity index (χ1v) is 13.7. The van der Waals surface area contributed by atoms with Gasteiger partial charge in [-0.1, -0.05) is 47.6 Å². The maximum Gasteiger partial charge on any atom is 0.514 e. The van der Waals surface area contributed by atoms with Gasteiger partial charge in [0.25, 0.3) is 0 Å². The van der Waals surface area contributed by atoms with Crippen molar-refractivity contribution in [2.45, 2.75) is 105 Å². The molecule has 232 valence electrons. The Labute approximate surface area is 241 Å². The summed E-state index contributed by atoms with van der Waals surface area (Å²) in [5.41, 5.74) is 6.13. The lowest BCUT2D eigenvalue weighted by Gasteiger charge is -2.31. The fourth-order valence-electron chi connectivity index (χ4n) is 3.47. The maximum absolute atomic E-state index is 12.5. The fourth-order valence-corrected chi connectivity index (χ4v) is 3.47. The molecule has 0 saturated heterocycles. The SMILES string of the molecule is CCC(C)OC(=O)Oc1ccc(C(C(C)C(C)OC(=O)OCC(C)(C)C)[C@H](N)C(=O)O)cc1OC(=O)OC(C)CC. The van der Waals surface area contributed by atoms with Crippen LogP contribution in [0.2, 0.25) is 0 Å². The summed E-state index contributed by atoms with van der Waals surface area (Å²) in [7, 11) is 0. The first-order chi connectivity index (χ1) is 19.0. The molecule has 0 fully saturated rings. The van der Waals surface area contributed by atoms with Crippen LogP contribution in [0.15, 0.2) is 18.2 Å². The monoisotopic (exact) mass is 583 g/mol. The Balaban J connectivity index is 3.40. The Morgan fingerprint density at radius 2 is 1.34 bits per heavy atom. The molecular weight excluding hydrogens is 538 g/mol. The average molecular weight is 584 g/mol. The molecule has 41 heavy (non-hydrogen) atoms. The lowest BCUT2D eigenvalue weighted by molar-refractivity contribution is -0.139. The van der Waals surface area contributed by atoms with Crippen molar-refractivity contribution >= 4 is 24.4 Å². The van der Waals surface area contributed by atoms with Crippen molar-refractivity contribution in [1.82, 2.24) is 0 Å². The molecule has 6 atom stereocenters. The third-order valence-corrected chi connectivity index (χ3v) is 6.37. The predicted octanol–water partition coefficient (Wildman–Crippen LogP) is 6.03. The minimum absolute atomic E-state index is 0.124. The molecule has 12 nitrogen and oxygen atoms in total. The topological polar surface area (TPSA) is 170 Å². The van der Waals surface area contributed by atoms with E-state index < -0.39 is 60.6 Å². The van der Waals surface area contributed by atoms with Gasteiger partial charge in [0.2, 0.25) is 0 Å². The number of carbonyl (C=O) groups is 4. The van der Waals surface area contributed by atoms with Crippen LogP contribution in [0, 0.1) is 11.3 Å². The molecule has 0 saturated carbocycles. The minimum Gasteiger partial charge on any atom is -0.480 e. The summed E-state index contributed by atoms with van der Waals surface area (Å²) < 4.78 is 31.6. The van der Waals surface area contributed by atoms with Crippen LogP contribution in [0.4, 0.5) is 14.4 Å². The zero-order valence-corrected chi connectivity index (χ0v) is 25.4. The summed E-state index contributed by atoms with van der Waals surface area (Å²) in [4.78, 5) is 49.0. The number of carboxylic acid groups (broad SMARTS) is 1. The largest absolute Gasteiger partial charge is 0.514 e. The normalized spacial score (nSPS) is 15.8. The van der Waals surface area contributed by atoms with Crippen LogP contribution in [-0.4, -0.2) is 60.5 Å². The number of carbonyl (C=O) groups excluding carboxylic acids is 3. The van der Waals surface area contributed by atoms with Gasteiger partial charge in [-0.15, -0.1) is 0 Å². The Bertz CT molecular complexity index is 1040. The number of hydrogen-bond acceptors (Lipinski definition) is 11. The summed E-state index contributed by atoms with van der Waals surface area (Å²) in [6.07, 6.45) is -3.58. The van der Waals surface area contributed by atoms with Gasteiger partial charge in [0.1, 0.15) is 24.4 Å². The Morgan fingerprint density at radius 3 is 1.80 bits per heavy atom. The van der Waals surface area contributed by atoms with Gasteiger partial charge in [-0.05, 0) is 56.7 Å². The van der Waals surface area contributed by atoms with Crippen LogP contribution in [0.1, 0.15) is 86.6 Å². The summed E-state index contributed by atoms with van der Waals surface area (Å²) >= 11 is 0. The molecule has 0 aliphatic heterocycles. The highest BCUT2D eigenvalue weighted by Crippen LogP contribution is 2.37. The Hall–Kier alpha value is -3.54. The number of nitrogens with two attached hydrogens (primary N) is 1. The molecule has 0 aliphatic rings. The maximum atomic E-state index is 12.5. The van der Waals surface area contributed by atoms with Crippen LogP contribution in [0.5, 0.6) is 11.5 Å². The average Bonchev–Trinajstić information content (AvgIpc) is 2.87. The molecule has 3 N–H and O–H groups in total. The van der Waals surface area contributed by atoms with E-state index in [1.807, 2.05) is 34.6 Å². The van der Waals surface area contributed by atoms with E-state index in [1.54, 1.807) is 27.7 Å². The molecule has 0 amide bonds. The zero-order valence-electron chi connectivity index (χ0n) is 25.4. The minimum atomic E-state index is -1.44. The van der Waals surface area contributed by atoms with Gasteiger partial charge in [0, 0.05) is 11.8 Å². The fraction of sp³-hybridized carbons (Fsp3) is 0.655. The van der Waals surface area contributed by atoms with Crippen LogP contribution < -0.4 is 15.2 Å². The third-order valence-electron chi connectivity index (χ3n) is 6.37. The van der Waals surface area contributed by atoms with E-state index in [-0.39, 0.29) is 23.5 Å². The Kier molecular flexibility index (Phi) is 13.9. The van der Waals surface area contributed by atoms with E-state index in [9.17, 15) is 24.3 Å². The van der Waals surface area contributed by atoms with Gasteiger partial charge in [-0.25, -0.2) is 14.4 Å². The summed E-state index contributed by atoms with van der Waals surface area (Å²) in [6, 6.07) is 2.70. The smallest absolute Gasteiger partial charge is 0.480 e. The predicted molar refractivity (Wildman–Crippen MR) is 149 cm³/mol. The van der Waals surface area contributed by atoms with Gasteiger partial charge in [0.05, 0.1) is 6.61 Å². The molecule has 0 aromatic heterocycles. The number of carboxylic acids is 1. The van der Waals surface area contributed by atoms with Crippen molar-refractivity contribution in [2.24, 2.45) is 17.1 Å². The second-order valence-electron chi connectivity index (χ2n) is 11.3. The van der Waals surface area contributed by atoms with E-state index in [1.165, 1.54) is 18.2 Å². The third kappa shape index (κ3) is 12.2. The number of rotatable bonds is 13. The van der Waals surface area contributed by atoms with E-state index in [0.717, 1.165) is 0 Å². The lowest BCUT2D eigenvalue weighted by atomic mass is 9.79. The number of ether oxygens (including phenoxy) is 6. The number of benzene rings is 1. The van der Waals surface area contributed by atoms with E-state index in [2.05, 4.69) is 0 Å². The number of hydrogen-bond donors (Lipinski definition) is 2. The van der Waals surface area contributed by atoms with Gasteiger partial charge in [-0.2, -0.15) is 0 Å². The van der Waals surface area contributed by atoms with Crippen LogP contribution in [0.25, 0.3) is 0 Å². The quantitative estimate of drug-likeness (QED) is 0.157. The van der Waals surface area contributed by atoms with E-state index in [0.29, 0.717) is 18.4 Å². The van der Waals surface area contributed by atoms with Gasteiger partial charge in [0.15, 0.2) is 11.5 Å². The summed E-state index contributed by atoms with van der Waals surface area (Å²) in [5.74, 6) is -3.27. The molecule has 1 aromatic carbocycles. The van der Waals surface area contributed by atoms with Crippen LogP contribution in [-0.2, 0) is 23.7 Å². The molecule has 1 aromatic rings. The highest BCUT2D eigenvalue weighted by molar-refractivity contribution is 5.75. The molecule has 12 heteroatoms. The summed E-state index contributed by atoms with van der Waals surface area (Å²) in [6.45, 7) is 16.1. The molecular formula is C29H45NO11. The van der Waals surface area contributed by atoms with Crippen molar-refractivity contribution in [3.63, 3.8) is 0 Å². The Morgan fingerprint density at radius 1 is 0.829 bits per heavy atom. The summed E-state index contributed by atoms with van der Waals surface area (Å²) in [5, 5.41) is 9.77. The molecule has 0 bridgehead atoms. The van der Waals surface area contributed by atoms with Crippen molar-refractivity contribution < 1.29 is 52.7 Å². The first-order valence-electron chi connectivity index (χ1n) is 13.7. The number of aliphatic carboxylic acids is 1. The lowest BCUT2D eigenvalue weighted by Crippen LogP contribution is -2.42. The molecule has 0 radical (unpaired) electrons. The van der Waals surface area contributed by atoms with Crippen molar-refractivity contribution in [1.29, 1.82) is 0 Å². The van der Waals surface area contributed by atoms with E-state index >= 15 is 0 Å². The molecule has 0 aliphatic carbocycles. The molecule has 0 spiro atoms. The van der Waals surface area contributed by atoms with Crippen LogP contribution >= 0.6 is 0 Å². The zero-order chi connectivity index (χ0) is 31.5. The second kappa shape index (κ2) is 16.0. The standard InChI is InChI=1S/C29H45NO11/c1-10-16(3)37-27(34)40-21-13-12-20(14-22(21)41-28(35)38-17(4)11-2)23(24(30)25(31)32)18(5)19(6)39-26(33)36-15-29(7,8)9/h12-14,16-19,23-24H,10-11,15,30H2,1-9H3,(H,31,32)/t16?,17?,18?,19?,23?,24-/m0/s1. The van der Waals surface area contributed by atoms with Crippen LogP contribution in [0.3, 0.4) is 0 Å². The highest BCUT2D eigenvalue weighted by Gasteiger charge is 2.36. The highest BCUT2D eigenvalue weighted by atomic mass is 16.8. The van der Waals surface area contributed by atoms with Crippen molar-refractivity contribution in [3.8, 4) is 11.5 Å². The van der Waals surface area contributed by atoms with Gasteiger partial charge < -0.3 is 39.3 Å². The molecule has 0 heterocycles. The van der Waals surface area contributed by atoms with Gasteiger partial charge >= 0.3 is 24.4 Å². The first kappa shape index (κ1) is 35.5.